The van der Waals surface area contributed by atoms with E-state index >= 15 is 0 Å². The second-order valence-corrected chi connectivity index (χ2v) is 6.62. The van der Waals surface area contributed by atoms with Crippen LogP contribution in [0.2, 0.25) is 0 Å². The van der Waals surface area contributed by atoms with Crippen LogP contribution < -0.4 is 5.32 Å². The molecular weight excluding hydrogens is 314 g/mol. The highest BCUT2D eigenvalue weighted by Crippen LogP contribution is 2.24. The standard InChI is InChI=1S/C20H27N3O2/c1-3-13-23(17-11-12-21-14-17)19(24)10-9-18-22-15(2)20(25-18)16-7-5-4-6-8-16/h4-8,17,21H,3,9-14H2,1-2H3. The Morgan fingerprint density at radius 3 is 2.84 bits per heavy atom. The minimum Gasteiger partial charge on any atom is -0.440 e. The predicted molar refractivity (Wildman–Crippen MR) is 98.3 cm³/mol. The number of carbonyl (C=O) groups is 1. The van der Waals surface area contributed by atoms with Gasteiger partial charge in [-0.15, -0.1) is 0 Å². The number of amides is 1. The Balaban J connectivity index is 1.63. The zero-order valence-electron chi connectivity index (χ0n) is 15.1. The van der Waals surface area contributed by atoms with Crippen LogP contribution in [0.25, 0.3) is 11.3 Å². The van der Waals surface area contributed by atoms with Gasteiger partial charge in [0.15, 0.2) is 11.7 Å². The maximum atomic E-state index is 12.7. The van der Waals surface area contributed by atoms with Crippen LogP contribution in [0.1, 0.15) is 37.8 Å². The van der Waals surface area contributed by atoms with Crippen LogP contribution in [0.15, 0.2) is 34.7 Å². The van der Waals surface area contributed by atoms with Crippen molar-refractivity contribution in [3.05, 3.63) is 41.9 Å². The van der Waals surface area contributed by atoms with Crippen molar-refractivity contribution < 1.29 is 9.21 Å². The van der Waals surface area contributed by atoms with E-state index in [4.69, 9.17) is 4.42 Å². The van der Waals surface area contributed by atoms with Gasteiger partial charge in [-0.2, -0.15) is 0 Å². The molecule has 1 aromatic carbocycles. The van der Waals surface area contributed by atoms with Crippen LogP contribution in [0, 0.1) is 6.92 Å². The Labute approximate surface area is 149 Å². The lowest BCUT2D eigenvalue weighted by Crippen LogP contribution is -2.42. The molecule has 0 bridgehead atoms. The van der Waals surface area contributed by atoms with E-state index in [0.29, 0.717) is 24.8 Å². The molecule has 1 amide bonds. The zero-order chi connectivity index (χ0) is 17.6. The fourth-order valence-electron chi connectivity index (χ4n) is 3.43. The summed E-state index contributed by atoms with van der Waals surface area (Å²) in [6, 6.07) is 10.3. The lowest BCUT2D eigenvalue weighted by Gasteiger charge is -2.28. The summed E-state index contributed by atoms with van der Waals surface area (Å²) in [6.45, 7) is 6.79. The highest BCUT2D eigenvalue weighted by Gasteiger charge is 2.26. The van der Waals surface area contributed by atoms with Gasteiger partial charge in [0.25, 0.3) is 0 Å². The van der Waals surface area contributed by atoms with Crippen molar-refractivity contribution in [2.24, 2.45) is 0 Å². The average Bonchev–Trinajstić information content (AvgIpc) is 3.28. The molecule has 0 aliphatic carbocycles. The SMILES string of the molecule is CCCN(C(=O)CCc1nc(C)c(-c2ccccc2)o1)C1CCNC1. The summed E-state index contributed by atoms with van der Waals surface area (Å²) >= 11 is 0. The second kappa shape index (κ2) is 8.30. The van der Waals surface area contributed by atoms with E-state index in [1.807, 2.05) is 42.2 Å². The third kappa shape index (κ3) is 4.28. The van der Waals surface area contributed by atoms with Crippen molar-refractivity contribution in [1.82, 2.24) is 15.2 Å². The maximum absolute atomic E-state index is 12.7. The molecule has 0 spiro atoms. The molecule has 0 saturated carbocycles. The number of nitrogens with zero attached hydrogens (tertiary/aromatic N) is 2. The van der Waals surface area contributed by atoms with E-state index in [0.717, 1.165) is 49.5 Å². The molecule has 1 saturated heterocycles. The van der Waals surface area contributed by atoms with E-state index in [-0.39, 0.29) is 5.91 Å². The lowest BCUT2D eigenvalue weighted by molar-refractivity contribution is -0.133. The van der Waals surface area contributed by atoms with Gasteiger partial charge in [-0.05, 0) is 26.3 Å². The first-order valence-electron chi connectivity index (χ1n) is 9.21. The molecule has 1 aliphatic heterocycles. The van der Waals surface area contributed by atoms with E-state index in [9.17, 15) is 4.79 Å². The highest BCUT2D eigenvalue weighted by atomic mass is 16.4. The predicted octanol–water partition coefficient (Wildman–Crippen LogP) is 3.18. The Kier molecular flexibility index (Phi) is 5.87. The molecule has 134 valence electrons. The highest BCUT2D eigenvalue weighted by molar-refractivity contribution is 5.76. The molecule has 3 rings (SSSR count). The number of oxazole rings is 1. The van der Waals surface area contributed by atoms with E-state index in [2.05, 4.69) is 17.2 Å². The molecule has 2 heterocycles. The van der Waals surface area contributed by atoms with Crippen molar-refractivity contribution >= 4 is 5.91 Å². The van der Waals surface area contributed by atoms with Gasteiger partial charge in [0, 0.05) is 37.5 Å². The fraction of sp³-hybridized carbons (Fsp3) is 0.500. The van der Waals surface area contributed by atoms with Crippen molar-refractivity contribution in [2.45, 2.75) is 45.6 Å². The normalized spacial score (nSPS) is 17.0. The van der Waals surface area contributed by atoms with Crippen molar-refractivity contribution in [3.8, 4) is 11.3 Å². The molecular formula is C20H27N3O2. The molecule has 1 aromatic heterocycles. The Bertz CT molecular complexity index is 690. The van der Waals surface area contributed by atoms with Crippen LogP contribution in [-0.2, 0) is 11.2 Å². The summed E-state index contributed by atoms with van der Waals surface area (Å²) in [7, 11) is 0. The number of benzene rings is 1. The lowest BCUT2D eigenvalue weighted by atomic mass is 10.1. The molecule has 1 aliphatic rings. The molecule has 5 heteroatoms. The molecule has 2 aromatic rings. The van der Waals surface area contributed by atoms with E-state index < -0.39 is 0 Å². The number of carbonyl (C=O) groups excluding carboxylic acids is 1. The first-order chi connectivity index (χ1) is 12.2. The Morgan fingerprint density at radius 2 is 2.16 bits per heavy atom. The number of aryl methyl sites for hydroxylation is 2. The van der Waals surface area contributed by atoms with Crippen molar-refractivity contribution in [3.63, 3.8) is 0 Å². The van der Waals surface area contributed by atoms with Gasteiger partial charge >= 0.3 is 0 Å². The van der Waals surface area contributed by atoms with Gasteiger partial charge in [-0.1, -0.05) is 37.3 Å². The van der Waals surface area contributed by atoms with E-state index in [1.165, 1.54) is 0 Å². The van der Waals surface area contributed by atoms with Crippen LogP contribution in [0.5, 0.6) is 0 Å². The molecule has 0 radical (unpaired) electrons. The topological polar surface area (TPSA) is 58.4 Å². The summed E-state index contributed by atoms with van der Waals surface area (Å²) in [4.78, 5) is 19.2. The Morgan fingerprint density at radius 1 is 1.36 bits per heavy atom. The third-order valence-electron chi connectivity index (χ3n) is 4.69. The summed E-state index contributed by atoms with van der Waals surface area (Å²) in [5.41, 5.74) is 1.90. The number of hydrogen-bond donors (Lipinski definition) is 1. The third-order valence-corrected chi connectivity index (χ3v) is 4.69. The zero-order valence-corrected chi connectivity index (χ0v) is 15.1. The number of rotatable bonds is 7. The van der Waals surface area contributed by atoms with Gasteiger partial charge in [-0.25, -0.2) is 4.98 Å². The van der Waals surface area contributed by atoms with Gasteiger partial charge in [0.2, 0.25) is 5.91 Å². The van der Waals surface area contributed by atoms with Crippen LogP contribution >= 0.6 is 0 Å². The van der Waals surface area contributed by atoms with Crippen LogP contribution in [0.3, 0.4) is 0 Å². The van der Waals surface area contributed by atoms with Crippen LogP contribution in [-0.4, -0.2) is 41.5 Å². The smallest absolute Gasteiger partial charge is 0.223 e. The number of hydrogen-bond acceptors (Lipinski definition) is 4. The first-order valence-corrected chi connectivity index (χ1v) is 9.21. The summed E-state index contributed by atoms with van der Waals surface area (Å²) in [5, 5.41) is 3.34. The molecule has 25 heavy (non-hydrogen) atoms. The molecule has 5 nitrogen and oxygen atoms in total. The summed E-state index contributed by atoms with van der Waals surface area (Å²) in [6.07, 6.45) is 3.03. The van der Waals surface area contributed by atoms with Crippen molar-refractivity contribution in [2.75, 3.05) is 19.6 Å². The quantitative estimate of drug-likeness (QED) is 0.840. The molecule has 1 fully saturated rings. The van der Waals surface area contributed by atoms with Gasteiger partial charge in [0.05, 0.1) is 5.69 Å². The first kappa shape index (κ1) is 17.7. The second-order valence-electron chi connectivity index (χ2n) is 6.62. The number of nitrogens with one attached hydrogen (secondary N) is 1. The maximum Gasteiger partial charge on any atom is 0.223 e. The molecule has 1 unspecified atom stereocenters. The fourth-order valence-corrected chi connectivity index (χ4v) is 3.43. The van der Waals surface area contributed by atoms with Crippen molar-refractivity contribution in [1.29, 1.82) is 0 Å². The minimum absolute atomic E-state index is 0.202. The average molecular weight is 341 g/mol. The van der Waals surface area contributed by atoms with Gasteiger partial charge < -0.3 is 14.6 Å². The summed E-state index contributed by atoms with van der Waals surface area (Å²) < 4.78 is 5.92. The van der Waals surface area contributed by atoms with Crippen LogP contribution in [0.4, 0.5) is 0 Å². The number of aromatic nitrogens is 1. The minimum atomic E-state index is 0.202. The van der Waals surface area contributed by atoms with E-state index in [1.54, 1.807) is 0 Å². The Hall–Kier alpha value is -2.14. The summed E-state index contributed by atoms with van der Waals surface area (Å²) in [5.74, 6) is 1.65. The molecule has 1 atom stereocenters. The van der Waals surface area contributed by atoms with Gasteiger partial charge in [0.1, 0.15) is 0 Å². The molecule has 1 N–H and O–H groups in total. The monoisotopic (exact) mass is 341 g/mol. The van der Waals surface area contributed by atoms with Gasteiger partial charge in [-0.3, -0.25) is 4.79 Å². The largest absolute Gasteiger partial charge is 0.440 e.